The van der Waals surface area contributed by atoms with Gasteiger partial charge in [-0.05, 0) is 46.6 Å². The van der Waals surface area contributed by atoms with E-state index in [0.29, 0.717) is 13.2 Å². The van der Waals surface area contributed by atoms with E-state index >= 15 is 0 Å². The van der Waals surface area contributed by atoms with Gasteiger partial charge in [-0.1, -0.05) is 0 Å². The van der Waals surface area contributed by atoms with E-state index in [1.165, 1.54) is 0 Å². The Balaban J connectivity index is 1.87. The third kappa shape index (κ3) is 4.52. The molecule has 0 unspecified atom stereocenters. The number of ether oxygens (including phenoxy) is 3. The van der Waals surface area contributed by atoms with Gasteiger partial charge < -0.3 is 14.2 Å². The summed E-state index contributed by atoms with van der Waals surface area (Å²) in [5, 5.41) is 3.91. The zero-order valence-electron chi connectivity index (χ0n) is 11.9. The molecule has 0 aliphatic carbocycles. The second-order valence-corrected chi connectivity index (χ2v) is 5.55. The highest BCUT2D eigenvalue weighted by Crippen LogP contribution is 2.25. The van der Waals surface area contributed by atoms with Crippen LogP contribution in [0.1, 0.15) is 18.9 Å². The normalized spacial score (nSPS) is 17.1. The van der Waals surface area contributed by atoms with Crippen molar-refractivity contribution in [2.24, 2.45) is 5.10 Å². The van der Waals surface area contributed by atoms with Crippen molar-refractivity contribution in [2.75, 3.05) is 20.3 Å². The monoisotopic (exact) mass is 356 g/mol. The number of halogens is 1. The van der Waals surface area contributed by atoms with E-state index in [2.05, 4.69) is 26.5 Å². The van der Waals surface area contributed by atoms with E-state index in [9.17, 15) is 4.79 Å². The van der Waals surface area contributed by atoms with Crippen molar-refractivity contribution in [2.45, 2.75) is 19.1 Å². The number of methoxy groups -OCH3 is 1. The Bertz CT molecular complexity index is 542. The number of hydrogen-bond acceptors (Lipinski definition) is 5. The largest absolute Gasteiger partial charge is 0.496 e. The molecule has 7 heteroatoms. The average molecular weight is 357 g/mol. The Kier molecular flexibility index (Phi) is 5.33. The van der Waals surface area contributed by atoms with Crippen molar-refractivity contribution in [3.05, 3.63) is 28.2 Å². The molecule has 2 rings (SSSR count). The topological polar surface area (TPSA) is 69.2 Å². The Morgan fingerprint density at radius 1 is 1.52 bits per heavy atom. The minimum absolute atomic E-state index is 0.108. The summed E-state index contributed by atoms with van der Waals surface area (Å²) in [6.45, 7) is 2.75. The molecule has 1 aromatic rings. The lowest BCUT2D eigenvalue weighted by Crippen LogP contribution is -2.33. The molecule has 0 bridgehead atoms. The summed E-state index contributed by atoms with van der Waals surface area (Å²) in [6, 6.07) is 5.50. The average Bonchev–Trinajstić information content (AvgIpc) is 2.85. The lowest BCUT2D eigenvalue weighted by atomic mass is 10.2. The molecule has 0 saturated carbocycles. The zero-order chi connectivity index (χ0) is 15.3. The molecule has 1 fully saturated rings. The summed E-state index contributed by atoms with van der Waals surface area (Å²) in [5.41, 5.74) is 3.29. The fraction of sp³-hybridized carbons (Fsp3) is 0.429. The molecule has 0 radical (unpaired) electrons. The maximum Gasteiger partial charge on any atom is 0.245 e. The Hall–Kier alpha value is -1.44. The zero-order valence-corrected chi connectivity index (χ0v) is 13.5. The Labute approximate surface area is 131 Å². The molecule has 1 heterocycles. The fourth-order valence-electron chi connectivity index (χ4n) is 1.93. The molecular formula is C14H17BrN2O4. The van der Waals surface area contributed by atoms with Gasteiger partial charge in [0.25, 0.3) is 0 Å². The highest BCUT2D eigenvalue weighted by molar-refractivity contribution is 9.10. The van der Waals surface area contributed by atoms with Crippen molar-refractivity contribution in [1.82, 2.24) is 5.43 Å². The molecule has 1 amide bonds. The molecule has 21 heavy (non-hydrogen) atoms. The number of carbonyl (C=O) groups is 1. The summed E-state index contributed by atoms with van der Waals surface area (Å²) < 4.78 is 16.7. The lowest BCUT2D eigenvalue weighted by Gasteiger charge is -2.20. The third-order valence-electron chi connectivity index (χ3n) is 2.96. The third-order valence-corrected chi connectivity index (χ3v) is 3.58. The second-order valence-electron chi connectivity index (χ2n) is 4.69. The van der Waals surface area contributed by atoms with Crippen molar-refractivity contribution >= 4 is 28.1 Å². The summed E-state index contributed by atoms with van der Waals surface area (Å²) in [6.07, 6.45) is 1.66. The first-order chi connectivity index (χ1) is 10.0. The summed E-state index contributed by atoms with van der Waals surface area (Å²) >= 11 is 3.39. The smallest absolute Gasteiger partial charge is 0.245 e. The maximum atomic E-state index is 11.7. The molecule has 114 valence electrons. The van der Waals surface area contributed by atoms with Gasteiger partial charge in [-0.3, -0.25) is 4.79 Å². The highest BCUT2D eigenvalue weighted by atomic mass is 79.9. The van der Waals surface area contributed by atoms with Crippen LogP contribution in [0, 0.1) is 0 Å². The van der Waals surface area contributed by atoms with Crippen molar-refractivity contribution in [3.8, 4) is 5.75 Å². The number of hydrogen-bond donors (Lipinski definition) is 1. The number of carbonyl (C=O) groups excluding carboxylic acids is 1. The highest BCUT2D eigenvalue weighted by Gasteiger charge is 2.33. The van der Waals surface area contributed by atoms with E-state index in [0.717, 1.165) is 15.8 Å². The van der Waals surface area contributed by atoms with Crippen LogP contribution in [0.5, 0.6) is 5.75 Å². The van der Waals surface area contributed by atoms with Crippen molar-refractivity contribution in [3.63, 3.8) is 0 Å². The van der Waals surface area contributed by atoms with E-state index < -0.39 is 5.79 Å². The van der Waals surface area contributed by atoms with Gasteiger partial charge in [0.05, 0.1) is 37.4 Å². The van der Waals surface area contributed by atoms with Crippen LogP contribution in [-0.4, -0.2) is 38.2 Å². The first-order valence-corrected chi connectivity index (χ1v) is 7.25. The molecule has 1 aliphatic heterocycles. The lowest BCUT2D eigenvalue weighted by molar-refractivity contribution is -0.159. The van der Waals surface area contributed by atoms with Crippen LogP contribution in [0.4, 0.5) is 0 Å². The summed E-state index contributed by atoms with van der Waals surface area (Å²) in [4.78, 5) is 11.7. The van der Waals surface area contributed by atoms with E-state index in [-0.39, 0.29) is 12.3 Å². The van der Waals surface area contributed by atoms with E-state index in [1.54, 1.807) is 20.2 Å². The van der Waals surface area contributed by atoms with Crippen LogP contribution < -0.4 is 10.2 Å². The number of amides is 1. The maximum absolute atomic E-state index is 11.7. The minimum Gasteiger partial charge on any atom is -0.496 e. The van der Waals surface area contributed by atoms with Gasteiger partial charge in [0.1, 0.15) is 5.75 Å². The number of rotatable bonds is 5. The molecule has 0 aromatic heterocycles. The number of nitrogens with one attached hydrogen (secondary N) is 1. The molecule has 1 saturated heterocycles. The van der Waals surface area contributed by atoms with Crippen LogP contribution >= 0.6 is 15.9 Å². The first-order valence-electron chi connectivity index (χ1n) is 6.46. The molecule has 6 nitrogen and oxygen atoms in total. The van der Waals surface area contributed by atoms with E-state index in [4.69, 9.17) is 14.2 Å². The second kappa shape index (κ2) is 7.02. The van der Waals surface area contributed by atoms with Crippen molar-refractivity contribution < 1.29 is 19.0 Å². The standard InChI is InChI=1S/C14H17BrN2O4/c1-14(20-5-6-21-14)8-13(18)17-16-9-10-3-4-12(19-2)11(15)7-10/h3-4,7,9H,5-6,8H2,1-2H3,(H,17,18). The summed E-state index contributed by atoms with van der Waals surface area (Å²) in [7, 11) is 1.60. The van der Waals surface area contributed by atoms with Gasteiger partial charge in [0.2, 0.25) is 5.91 Å². The van der Waals surface area contributed by atoms with Gasteiger partial charge in [0, 0.05) is 0 Å². The van der Waals surface area contributed by atoms with Gasteiger partial charge in [0.15, 0.2) is 5.79 Å². The molecule has 0 spiro atoms. The van der Waals surface area contributed by atoms with E-state index in [1.807, 2.05) is 18.2 Å². The molecule has 1 N–H and O–H groups in total. The SMILES string of the molecule is COc1ccc(C=NNC(=O)CC2(C)OCCO2)cc1Br. The molecule has 1 aliphatic rings. The van der Waals surface area contributed by atoms with Gasteiger partial charge in [-0.25, -0.2) is 5.43 Å². The first kappa shape index (κ1) is 15.9. The predicted molar refractivity (Wildman–Crippen MR) is 81.4 cm³/mol. The fourth-order valence-corrected chi connectivity index (χ4v) is 2.49. The van der Waals surface area contributed by atoms with Crippen LogP contribution in [-0.2, 0) is 14.3 Å². The van der Waals surface area contributed by atoms with Gasteiger partial charge >= 0.3 is 0 Å². The van der Waals surface area contributed by atoms with Gasteiger partial charge in [-0.15, -0.1) is 0 Å². The van der Waals surface area contributed by atoms with Crippen LogP contribution in [0.3, 0.4) is 0 Å². The predicted octanol–water partition coefficient (Wildman–Crippen LogP) is 2.06. The van der Waals surface area contributed by atoms with Gasteiger partial charge in [-0.2, -0.15) is 5.10 Å². The molecular weight excluding hydrogens is 340 g/mol. The van der Waals surface area contributed by atoms with Crippen molar-refractivity contribution in [1.29, 1.82) is 0 Å². The number of nitrogens with zero attached hydrogens (tertiary/aromatic N) is 1. The number of hydrazone groups is 1. The number of benzene rings is 1. The van der Waals surface area contributed by atoms with Crippen LogP contribution in [0.2, 0.25) is 0 Å². The van der Waals surface area contributed by atoms with Crippen LogP contribution in [0.25, 0.3) is 0 Å². The van der Waals surface area contributed by atoms with Crippen LogP contribution in [0.15, 0.2) is 27.8 Å². The molecule has 0 atom stereocenters. The summed E-state index contributed by atoms with van der Waals surface area (Å²) in [5.74, 6) is -0.370. The molecule has 1 aromatic carbocycles. The Morgan fingerprint density at radius 2 is 2.24 bits per heavy atom. The Morgan fingerprint density at radius 3 is 2.86 bits per heavy atom. The quantitative estimate of drug-likeness (QED) is 0.647. The minimum atomic E-state index is -0.844.